The van der Waals surface area contributed by atoms with Gasteiger partial charge in [-0.05, 0) is 59.7 Å². The van der Waals surface area contributed by atoms with Crippen LogP contribution in [0.4, 0.5) is 0 Å². The Morgan fingerprint density at radius 2 is 1.91 bits per heavy atom. The van der Waals surface area contributed by atoms with Crippen molar-refractivity contribution >= 4 is 27.0 Å². The maximum absolute atomic E-state index is 13.7. The lowest BCUT2D eigenvalue weighted by molar-refractivity contribution is -0.0262. The monoisotopic (exact) mass is 466 g/mol. The first-order chi connectivity index (χ1) is 15.5. The molecule has 0 radical (unpaired) electrons. The lowest BCUT2D eigenvalue weighted by Crippen LogP contribution is -2.64. The lowest BCUT2D eigenvalue weighted by Gasteiger charge is -2.60. The van der Waals surface area contributed by atoms with Crippen LogP contribution in [0.3, 0.4) is 0 Å². The van der Waals surface area contributed by atoms with Crippen LogP contribution < -0.4 is 0 Å². The van der Waals surface area contributed by atoms with E-state index in [9.17, 15) is 13.2 Å². The molecule has 174 valence electrons. The third-order valence-electron chi connectivity index (χ3n) is 8.28. The van der Waals surface area contributed by atoms with E-state index in [1.165, 1.54) is 9.87 Å². The van der Waals surface area contributed by atoms with E-state index in [1.54, 1.807) is 26.5 Å². The first-order valence-electron chi connectivity index (χ1n) is 11.3. The fourth-order valence-corrected chi connectivity index (χ4v) is 6.71. The zero-order valence-electron chi connectivity index (χ0n) is 19.7. The Morgan fingerprint density at radius 3 is 2.64 bits per heavy atom. The molecule has 3 aromatic rings. The zero-order valence-corrected chi connectivity index (χ0v) is 20.5. The molecule has 2 bridgehead atoms. The highest BCUT2D eigenvalue weighted by Gasteiger charge is 2.57. The summed E-state index contributed by atoms with van der Waals surface area (Å²) < 4.78 is 26.8. The van der Waals surface area contributed by atoms with Crippen LogP contribution in [0.5, 0.6) is 0 Å². The highest BCUT2D eigenvalue weighted by atomic mass is 32.2. The number of carbonyl (C=O) groups excluding carboxylic acids is 1. The summed E-state index contributed by atoms with van der Waals surface area (Å²) in [7, 11) is -0.434. The second-order valence-corrected chi connectivity index (χ2v) is 12.4. The Morgan fingerprint density at radius 1 is 1.15 bits per heavy atom. The molecule has 33 heavy (non-hydrogen) atoms. The van der Waals surface area contributed by atoms with Crippen molar-refractivity contribution in [3.8, 4) is 0 Å². The molecular formula is C25H30N4O3S. The van der Waals surface area contributed by atoms with Crippen LogP contribution in [0.2, 0.25) is 0 Å². The molecule has 0 spiro atoms. The van der Waals surface area contributed by atoms with Gasteiger partial charge in [0.15, 0.2) is 0 Å². The number of fused-ring (bicyclic) bond motifs is 5. The fourth-order valence-electron chi connectivity index (χ4n) is 5.76. The Labute approximate surface area is 194 Å². The van der Waals surface area contributed by atoms with Gasteiger partial charge in [-0.1, -0.05) is 26.8 Å². The van der Waals surface area contributed by atoms with Gasteiger partial charge in [-0.3, -0.25) is 4.79 Å². The van der Waals surface area contributed by atoms with Crippen molar-refractivity contribution in [2.45, 2.75) is 50.0 Å². The largest absolute Gasteiger partial charge is 0.345 e. The predicted octanol–water partition coefficient (Wildman–Crippen LogP) is 3.57. The number of benzene rings is 2. The summed E-state index contributed by atoms with van der Waals surface area (Å²) in [5, 5.41) is 0. The van der Waals surface area contributed by atoms with Gasteiger partial charge >= 0.3 is 0 Å². The molecule has 1 saturated heterocycles. The van der Waals surface area contributed by atoms with Crippen molar-refractivity contribution in [2.24, 2.45) is 5.41 Å². The van der Waals surface area contributed by atoms with Crippen molar-refractivity contribution in [3.05, 3.63) is 59.4 Å². The molecule has 5 rings (SSSR count). The lowest BCUT2D eigenvalue weighted by atomic mass is 9.51. The van der Waals surface area contributed by atoms with Crippen LogP contribution >= 0.6 is 0 Å². The molecule has 1 N–H and O–H groups in total. The molecule has 8 heteroatoms. The Balaban J connectivity index is 1.57. The van der Waals surface area contributed by atoms with Gasteiger partial charge in [0.1, 0.15) is 0 Å². The highest BCUT2D eigenvalue weighted by Crippen LogP contribution is 2.56. The number of imidazole rings is 1. The second-order valence-electron chi connectivity index (χ2n) is 10.3. The van der Waals surface area contributed by atoms with Crippen LogP contribution in [0.15, 0.2) is 47.6 Å². The minimum Gasteiger partial charge on any atom is -0.345 e. The topological polar surface area (TPSA) is 86.4 Å². The van der Waals surface area contributed by atoms with E-state index < -0.39 is 10.0 Å². The molecule has 1 fully saturated rings. The van der Waals surface area contributed by atoms with E-state index >= 15 is 0 Å². The molecule has 2 heterocycles. The number of carbonyl (C=O) groups is 1. The van der Waals surface area contributed by atoms with Crippen molar-refractivity contribution in [2.75, 3.05) is 20.6 Å². The number of amides is 1. The molecule has 1 aliphatic carbocycles. The van der Waals surface area contributed by atoms with E-state index in [0.717, 1.165) is 23.0 Å². The number of H-pyrrole nitrogens is 1. The van der Waals surface area contributed by atoms with Gasteiger partial charge in [0.25, 0.3) is 5.91 Å². The van der Waals surface area contributed by atoms with Crippen molar-refractivity contribution in [1.82, 2.24) is 19.2 Å². The van der Waals surface area contributed by atoms with E-state index in [1.807, 2.05) is 35.2 Å². The molecule has 7 nitrogen and oxygen atoms in total. The van der Waals surface area contributed by atoms with Crippen LogP contribution in [0, 0.1) is 5.41 Å². The van der Waals surface area contributed by atoms with Gasteiger partial charge in [0.2, 0.25) is 10.0 Å². The average molecular weight is 467 g/mol. The molecule has 1 aromatic heterocycles. The first-order valence-corrected chi connectivity index (χ1v) is 12.7. The predicted molar refractivity (Wildman–Crippen MR) is 128 cm³/mol. The van der Waals surface area contributed by atoms with E-state index in [-0.39, 0.29) is 22.8 Å². The average Bonchev–Trinajstić information content (AvgIpc) is 3.23. The van der Waals surface area contributed by atoms with Crippen LogP contribution in [0.1, 0.15) is 48.7 Å². The van der Waals surface area contributed by atoms with Gasteiger partial charge in [-0.15, -0.1) is 0 Å². The standard InChI is InChI=1S/C25H30N4O3S/c1-24(2)22-14-17-12-18(33(31,32)28(4)5)7-8-19(17)25(24,3)10-11-29(22)23(30)16-6-9-20-21(13-16)27-15-26-20/h6-9,12-13,15,22H,10-11,14H2,1-5H3,(H,26,27)/t22?,25-/m0/s1. The zero-order chi connectivity index (χ0) is 23.8. The summed E-state index contributed by atoms with van der Waals surface area (Å²) >= 11 is 0. The normalized spacial score (nSPS) is 24.2. The fraction of sp³-hybridized carbons (Fsp3) is 0.440. The van der Waals surface area contributed by atoms with Gasteiger partial charge in [0, 0.05) is 37.7 Å². The molecule has 2 atom stereocenters. The number of hydrogen-bond acceptors (Lipinski definition) is 4. The Kier molecular flexibility index (Phi) is 4.78. The third kappa shape index (κ3) is 3.07. The summed E-state index contributed by atoms with van der Waals surface area (Å²) in [6, 6.07) is 11.1. The van der Waals surface area contributed by atoms with E-state index in [2.05, 4.69) is 30.7 Å². The summed E-state index contributed by atoms with van der Waals surface area (Å²) in [6.45, 7) is 7.41. The molecule has 2 aliphatic rings. The van der Waals surface area contributed by atoms with Crippen molar-refractivity contribution in [1.29, 1.82) is 0 Å². The van der Waals surface area contributed by atoms with E-state index in [0.29, 0.717) is 23.4 Å². The number of hydrogen-bond donors (Lipinski definition) is 1. The number of piperidine rings is 1. The summed E-state index contributed by atoms with van der Waals surface area (Å²) in [5.74, 6) is 0.00661. The molecule has 0 saturated carbocycles. The van der Waals surface area contributed by atoms with Crippen LogP contribution in [-0.2, 0) is 21.9 Å². The molecule has 1 aliphatic heterocycles. The van der Waals surface area contributed by atoms with E-state index in [4.69, 9.17) is 0 Å². The molecule has 1 amide bonds. The summed E-state index contributed by atoms with van der Waals surface area (Å²) in [6.07, 6.45) is 3.08. The summed E-state index contributed by atoms with van der Waals surface area (Å²) in [5.41, 5.74) is 4.21. The number of rotatable bonds is 3. The number of aromatic nitrogens is 2. The maximum atomic E-state index is 13.7. The number of sulfonamides is 1. The second kappa shape index (κ2) is 7.14. The smallest absolute Gasteiger partial charge is 0.254 e. The van der Waals surface area contributed by atoms with Crippen LogP contribution in [0.25, 0.3) is 11.0 Å². The SMILES string of the molecule is CN(C)S(=O)(=O)c1ccc2c(c1)CC1N(C(=O)c3ccc4nc[nH]c4c3)CC[C@]2(C)C1(C)C. The maximum Gasteiger partial charge on any atom is 0.254 e. The number of nitrogens with zero attached hydrogens (tertiary/aromatic N) is 3. The number of aromatic amines is 1. The van der Waals surface area contributed by atoms with Gasteiger partial charge in [-0.2, -0.15) is 0 Å². The first kappa shape index (κ1) is 22.1. The molecule has 1 unspecified atom stereocenters. The Bertz CT molecular complexity index is 1380. The molecule has 2 aromatic carbocycles. The quantitative estimate of drug-likeness (QED) is 0.639. The molecular weight excluding hydrogens is 436 g/mol. The Hall–Kier alpha value is -2.71. The van der Waals surface area contributed by atoms with Gasteiger partial charge in [-0.25, -0.2) is 17.7 Å². The van der Waals surface area contributed by atoms with Crippen molar-refractivity contribution in [3.63, 3.8) is 0 Å². The van der Waals surface area contributed by atoms with Gasteiger partial charge < -0.3 is 9.88 Å². The number of nitrogens with one attached hydrogen (secondary N) is 1. The minimum atomic E-state index is -3.53. The number of likely N-dealkylation sites (tertiary alicyclic amines) is 1. The summed E-state index contributed by atoms with van der Waals surface area (Å²) in [4.78, 5) is 23.3. The highest BCUT2D eigenvalue weighted by molar-refractivity contribution is 7.89. The minimum absolute atomic E-state index is 0.00661. The third-order valence-corrected chi connectivity index (χ3v) is 10.1. The van der Waals surface area contributed by atoms with Crippen molar-refractivity contribution < 1.29 is 13.2 Å². The van der Waals surface area contributed by atoms with Crippen LogP contribution in [-0.4, -0.2) is 60.2 Å². The van der Waals surface area contributed by atoms with Gasteiger partial charge in [0.05, 0.1) is 22.3 Å².